The first-order chi connectivity index (χ1) is 14.7. The number of nitrogens with zero attached hydrogens (tertiary/aromatic N) is 4. The van der Waals surface area contributed by atoms with Crippen molar-refractivity contribution < 1.29 is 9.21 Å². The molecule has 0 aliphatic carbocycles. The minimum absolute atomic E-state index is 0.0414. The number of carbonyl (C=O) groups excluding carboxylic acids is 1. The maximum absolute atomic E-state index is 12.7. The van der Waals surface area contributed by atoms with Crippen LogP contribution >= 0.6 is 0 Å². The molecule has 7 heteroatoms. The van der Waals surface area contributed by atoms with Crippen LogP contribution in [0.3, 0.4) is 0 Å². The maximum atomic E-state index is 12.7. The van der Waals surface area contributed by atoms with E-state index in [1.807, 2.05) is 35.2 Å². The second-order valence-corrected chi connectivity index (χ2v) is 7.70. The molecule has 5 rings (SSSR count). The van der Waals surface area contributed by atoms with Crippen molar-refractivity contribution in [2.24, 2.45) is 0 Å². The lowest BCUT2D eigenvalue weighted by Gasteiger charge is -2.19. The van der Waals surface area contributed by atoms with Gasteiger partial charge in [0.25, 0.3) is 0 Å². The third-order valence-corrected chi connectivity index (χ3v) is 5.61. The van der Waals surface area contributed by atoms with Crippen molar-refractivity contribution in [3.63, 3.8) is 0 Å². The van der Waals surface area contributed by atoms with Crippen molar-refractivity contribution in [2.45, 2.75) is 25.9 Å². The van der Waals surface area contributed by atoms with Gasteiger partial charge in [-0.05, 0) is 37.1 Å². The van der Waals surface area contributed by atoms with E-state index in [1.165, 1.54) is 5.56 Å². The molecule has 30 heavy (non-hydrogen) atoms. The summed E-state index contributed by atoms with van der Waals surface area (Å²) in [5.74, 6) is 0.823. The van der Waals surface area contributed by atoms with Crippen LogP contribution < -0.4 is 5.32 Å². The van der Waals surface area contributed by atoms with Crippen LogP contribution in [-0.2, 0) is 6.54 Å². The number of rotatable bonds is 4. The van der Waals surface area contributed by atoms with Crippen molar-refractivity contribution in [1.82, 2.24) is 24.8 Å². The van der Waals surface area contributed by atoms with E-state index < -0.39 is 0 Å². The minimum Gasteiger partial charge on any atom is -0.472 e. The standard InChI is InChI=1S/C23H23N5O2/c1-16-4-6-17(7-5-16)13-25-23(29)27-11-8-19(14-27)28-21(18-9-12-30-15-18)26-20-3-2-10-24-22(20)28/h2-7,9-10,12,15,19H,8,11,13-14H2,1H3,(H,25,29)/t19-/m1/s1. The number of urea groups is 1. The minimum atomic E-state index is -0.0414. The van der Waals surface area contributed by atoms with E-state index in [0.29, 0.717) is 19.6 Å². The van der Waals surface area contributed by atoms with Gasteiger partial charge in [0.2, 0.25) is 0 Å². The average molecular weight is 401 g/mol. The van der Waals surface area contributed by atoms with Gasteiger partial charge in [-0.2, -0.15) is 0 Å². The molecule has 0 bridgehead atoms. The van der Waals surface area contributed by atoms with Crippen LogP contribution in [0.4, 0.5) is 4.79 Å². The monoisotopic (exact) mass is 401 g/mol. The molecule has 4 heterocycles. The quantitative estimate of drug-likeness (QED) is 0.557. The molecule has 4 aromatic rings. The van der Waals surface area contributed by atoms with Gasteiger partial charge in [-0.25, -0.2) is 14.8 Å². The number of carbonyl (C=O) groups is 1. The number of hydrogen-bond acceptors (Lipinski definition) is 4. The lowest BCUT2D eigenvalue weighted by atomic mass is 10.1. The van der Waals surface area contributed by atoms with Crippen molar-refractivity contribution in [3.05, 3.63) is 72.3 Å². The first-order valence-corrected chi connectivity index (χ1v) is 10.1. The molecule has 7 nitrogen and oxygen atoms in total. The Bertz CT molecular complexity index is 1160. The largest absolute Gasteiger partial charge is 0.472 e. The molecule has 0 unspecified atom stereocenters. The number of pyridine rings is 1. The summed E-state index contributed by atoms with van der Waals surface area (Å²) in [4.78, 5) is 23.9. The Labute approximate surface area is 174 Å². The Morgan fingerprint density at radius 2 is 2.10 bits per heavy atom. The molecule has 152 valence electrons. The van der Waals surface area contributed by atoms with E-state index >= 15 is 0 Å². The molecule has 1 N–H and O–H groups in total. The summed E-state index contributed by atoms with van der Waals surface area (Å²) >= 11 is 0. The fraction of sp³-hybridized carbons (Fsp3) is 0.261. The normalized spacial score (nSPS) is 16.3. The number of likely N-dealkylation sites (tertiary alicyclic amines) is 1. The molecule has 1 fully saturated rings. The van der Waals surface area contributed by atoms with Gasteiger partial charge < -0.3 is 19.2 Å². The smallest absolute Gasteiger partial charge is 0.317 e. The molecule has 1 aromatic carbocycles. The molecule has 1 aliphatic rings. The number of fused-ring (bicyclic) bond motifs is 1. The van der Waals surface area contributed by atoms with Gasteiger partial charge in [0, 0.05) is 25.8 Å². The Kier molecular flexibility index (Phi) is 4.71. The van der Waals surface area contributed by atoms with Gasteiger partial charge in [0.15, 0.2) is 5.65 Å². The molecule has 0 spiro atoms. The Morgan fingerprint density at radius 3 is 2.90 bits per heavy atom. The van der Waals surface area contributed by atoms with Gasteiger partial charge in [0.05, 0.1) is 17.9 Å². The summed E-state index contributed by atoms with van der Waals surface area (Å²) in [7, 11) is 0. The zero-order valence-electron chi connectivity index (χ0n) is 16.8. The zero-order valence-corrected chi connectivity index (χ0v) is 16.8. The first kappa shape index (κ1) is 18.4. The predicted octanol–water partition coefficient (Wildman–Crippen LogP) is 4.16. The van der Waals surface area contributed by atoms with Crippen LogP contribution in [0.5, 0.6) is 0 Å². The topological polar surface area (TPSA) is 76.2 Å². The van der Waals surface area contributed by atoms with Crippen LogP contribution in [0.15, 0.2) is 65.6 Å². The van der Waals surface area contributed by atoms with Crippen molar-refractivity contribution in [3.8, 4) is 11.4 Å². The lowest BCUT2D eigenvalue weighted by Crippen LogP contribution is -2.38. The fourth-order valence-corrected chi connectivity index (χ4v) is 4.00. The molecule has 1 saturated heterocycles. The third kappa shape index (κ3) is 3.43. The average Bonchev–Trinajstić information content (AvgIpc) is 3.51. The zero-order chi connectivity index (χ0) is 20.5. The molecular weight excluding hydrogens is 378 g/mol. The second kappa shape index (κ2) is 7.67. The molecule has 1 atom stereocenters. The summed E-state index contributed by atoms with van der Waals surface area (Å²) in [6.07, 6.45) is 5.97. The summed E-state index contributed by atoms with van der Waals surface area (Å²) in [6.45, 7) is 3.89. The highest BCUT2D eigenvalue weighted by molar-refractivity contribution is 5.78. The number of aromatic nitrogens is 3. The summed E-state index contributed by atoms with van der Waals surface area (Å²) in [5, 5.41) is 3.04. The SMILES string of the molecule is Cc1ccc(CNC(=O)N2CC[C@@H](n3c(-c4ccoc4)nc4cccnc43)C2)cc1. The molecular formula is C23H23N5O2. The molecule has 1 aliphatic heterocycles. The fourth-order valence-electron chi connectivity index (χ4n) is 4.00. The van der Waals surface area contributed by atoms with Gasteiger partial charge in [0.1, 0.15) is 17.6 Å². The number of nitrogens with one attached hydrogen (secondary N) is 1. The summed E-state index contributed by atoms with van der Waals surface area (Å²) in [5.41, 5.74) is 4.89. The van der Waals surface area contributed by atoms with Gasteiger partial charge in [-0.15, -0.1) is 0 Å². The number of furan rings is 1. The van der Waals surface area contributed by atoms with E-state index in [0.717, 1.165) is 34.5 Å². The van der Waals surface area contributed by atoms with Crippen molar-refractivity contribution in [2.75, 3.05) is 13.1 Å². The summed E-state index contributed by atoms with van der Waals surface area (Å²) < 4.78 is 7.42. The highest BCUT2D eigenvalue weighted by Gasteiger charge is 2.31. The second-order valence-electron chi connectivity index (χ2n) is 7.70. The van der Waals surface area contributed by atoms with E-state index in [2.05, 4.69) is 33.9 Å². The van der Waals surface area contributed by atoms with Crippen molar-refractivity contribution in [1.29, 1.82) is 0 Å². The molecule has 0 radical (unpaired) electrons. The maximum Gasteiger partial charge on any atom is 0.317 e. The van der Waals surface area contributed by atoms with Crippen LogP contribution in [0.1, 0.15) is 23.6 Å². The highest BCUT2D eigenvalue weighted by atomic mass is 16.3. The molecule has 0 saturated carbocycles. The molecule has 2 amide bonds. The van der Waals surface area contributed by atoms with Crippen LogP contribution in [-0.4, -0.2) is 38.6 Å². The van der Waals surface area contributed by atoms with E-state index in [1.54, 1.807) is 18.7 Å². The molecule has 3 aromatic heterocycles. The predicted molar refractivity (Wildman–Crippen MR) is 114 cm³/mol. The lowest BCUT2D eigenvalue weighted by molar-refractivity contribution is 0.207. The highest BCUT2D eigenvalue weighted by Crippen LogP contribution is 2.32. The van der Waals surface area contributed by atoms with Gasteiger partial charge in [-0.1, -0.05) is 29.8 Å². The van der Waals surface area contributed by atoms with E-state index in [-0.39, 0.29) is 12.1 Å². The number of hydrogen-bond donors (Lipinski definition) is 1. The number of aryl methyl sites for hydroxylation is 1. The Balaban J connectivity index is 1.34. The number of benzene rings is 1. The van der Waals surface area contributed by atoms with E-state index in [4.69, 9.17) is 9.40 Å². The number of imidazole rings is 1. The Hall–Kier alpha value is -3.61. The van der Waals surface area contributed by atoms with E-state index in [9.17, 15) is 4.79 Å². The van der Waals surface area contributed by atoms with Crippen LogP contribution in [0, 0.1) is 6.92 Å². The van der Waals surface area contributed by atoms with Crippen LogP contribution in [0.2, 0.25) is 0 Å². The van der Waals surface area contributed by atoms with Crippen molar-refractivity contribution >= 4 is 17.2 Å². The van der Waals surface area contributed by atoms with Gasteiger partial charge in [-0.3, -0.25) is 0 Å². The Morgan fingerprint density at radius 1 is 1.23 bits per heavy atom. The third-order valence-electron chi connectivity index (χ3n) is 5.61. The first-order valence-electron chi connectivity index (χ1n) is 10.1. The van der Waals surface area contributed by atoms with Gasteiger partial charge >= 0.3 is 6.03 Å². The number of amides is 2. The van der Waals surface area contributed by atoms with Crippen LogP contribution in [0.25, 0.3) is 22.6 Å². The summed E-state index contributed by atoms with van der Waals surface area (Å²) in [6, 6.07) is 14.0.